The van der Waals surface area contributed by atoms with Crippen molar-refractivity contribution in [2.45, 2.75) is 0 Å². The number of nitrogens with one attached hydrogen (secondary N) is 1. The first-order chi connectivity index (χ1) is 12.2. The van der Waals surface area contributed by atoms with Crippen molar-refractivity contribution in [2.75, 3.05) is 45.8 Å². The van der Waals surface area contributed by atoms with E-state index in [2.05, 4.69) is 15.3 Å². The van der Waals surface area contributed by atoms with Gasteiger partial charge in [-0.25, -0.2) is 9.97 Å². The molecule has 8 nitrogen and oxygen atoms in total. The monoisotopic (exact) mass is 344 g/mol. The van der Waals surface area contributed by atoms with Crippen LogP contribution in [-0.2, 0) is 4.74 Å². The number of carbonyl (C=O) groups is 1. The quantitative estimate of drug-likeness (QED) is 0.883. The van der Waals surface area contributed by atoms with Gasteiger partial charge in [-0.15, -0.1) is 0 Å². The van der Waals surface area contributed by atoms with Gasteiger partial charge >= 0.3 is 0 Å². The van der Waals surface area contributed by atoms with E-state index in [0.717, 1.165) is 0 Å². The summed E-state index contributed by atoms with van der Waals surface area (Å²) in [5.41, 5.74) is 1.12. The third-order valence-electron chi connectivity index (χ3n) is 3.85. The van der Waals surface area contributed by atoms with Crippen molar-refractivity contribution in [3.8, 4) is 11.5 Å². The van der Waals surface area contributed by atoms with E-state index in [9.17, 15) is 4.79 Å². The van der Waals surface area contributed by atoms with Gasteiger partial charge in [-0.2, -0.15) is 0 Å². The Kier molecular flexibility index (Phi) is 5.30. The maximum atomic E-state index is 12.4. The average Bonchev–Trinajstić information content (AvgIpc) is 2.68. The molecule has 0 aliphatic carbocycles. The predicted molar refractivity (Wildman–Crippen MR) is 91.6 cm³/mol. The zero-order chi connectivity index (χ0) is 17.6. The highest BCUT2D eigenvalue weighted by molar-refractivity contribution is 5.93. The molecule has 0 atom stereocenters. The molecule has 1 aliphatic heterocycles. The van der Waals surface area contributed by atoms with Crippen LogP contribution in [0.4, 0.5) is 11.6 Å². The lowest BCUT2D eigenvalue weighted by Gasteiger charge is -2.26. The summed E-state index contributed by atoms with van der Waals surface area (Å²) in [7, 11) is 3.17. The van der Waals surface area contributed by atoms with Gasteiger partial charge in [-0.1, -0.05) is 0 Å². The fourth-order valence-electron chi connectivity index (χ4n) is 2.48. The molecule has 8 heteroatoms. The van der Waals surface area contributed by atoms with Gasteiger partial charge in [0.1, 0.15) is 11.5 Å². The Hall–Kier alpha value is -2.87. The SMILES string of the molecule is COc1ccc(OC)c(Nc2ncc(C(=O)N3CCOCC3)cn2)c1. The van der Waals surface area contributed by atoms with Crippen LogP contribution in [0.1, 0.15) is 10.4 Å². The molecule has 2 heterocycles. The molecule has 3 rings (SSSR count). The molecule has 0 spiro atoms. The van der Waals surface area contributed by atoms with Crippen molar-refractivity contribution < 1.29 is 19.0 Å². The van der Waals surface area contributed by atoms with Crippen LogP contribution < -0.4 is 14.8 Å². The van der Waals surface area contributed by atoms with E-state index in [0.29, 0.717) is 55.0 Å². The first-order valence-corrected chi connectivity index (χ1v) is 7.89. The van der Waals surface area contributed by atoms with E-state index in [-0.39, 0.29) is 5.91 Å². The average molecular weight is 344 g/mol. The highest BCUT2D eigenvalue weighted by atomic mass is 16.5. The first-order valence-electron chi connectivity index (χ1n) is 7.89. The number of hydrogen-bond acceptors (Lipinski definition) is 7. The zero-order valence-electron chi connectivity index (χ0n) is 14.2. The van der Waals surface area contributed by atoms with Gasteiger partial charge in [0.05, 0.1) is 38.7 Å². The Morgan fingerprint density at radius 3 is 2.52 bits per heavy atom. The number of hydrogen-bond donors (Lipinski definition) is 1. The molecule has 1 aromatic carbocycles. The second-order valence-corrected chi connectivity index (χ2v) is 5.39. The summed E-state index contributed by atoms with van der Waals surface area (Å²) in [6.45, 7) is 2.28. The molecule has 0 bridgehead atoms. The molecule has 1 aromatic heterocycles. The maximum Gasteiger partial charge on any atom is 0.257 e. The lowest BCUT2D eigenvalue weighted by molar-refractivity contribution is 0.0302. The number of morpholine rings is 1. The Morgan fingerprint density at radius 1 is 1.16 bits per heavy atom. The molecule has 1 N–H and O–H groups in total. The topological polar surface area (TPSA) is 85.8 Å². The fraction of sp³-hybridized carbons (Fsp3) is 0.353. The lowest BCUT2D eigenvalue weighted by Crippen LogP contribution is -2.40. The number of anilines is 2. The Labute approximate surface area is 145 Å². The van der Waals surface area contributed by atoms with E-state index in [1.807, 2.05) is 0 Å². The molecule has 0 radical (unpaired) electrons. The highest BCUT2D eigenvalue weighted by Crippen LogP contribution is 2.30. The molecule has 1 aliphatic rings. The predicted octanol–water partition coefficient (Wildman–Crippen LogP) is 1.71. The summed E-state index contributed by atoms with van der Waals surface area (Å²) < 4.78 is 15.8. The number of rotatable bonds is 5. The molecule has 2 aromatic rings. The van der Waals surface area contributed by atoms with E-state index in [1.165, 1.54) is 12.4 Å². The second-order valence-electron chi connectivity index (χ2n) is 5.39. The van der Waals surface area contributed by atoms with Crippen LogP contribution in [0.15, 0.2) is 30.6 Å². The third kappa shape index (κ3) is 3.97. The van der Waals surface area contributed by atoms with Crippen LogP contribution in [0.2, 0.25) is 0 Å². The normalized spacial score (nSPS) is 14.1. The Bertz CT molecular complexity index is 730. The minimum absolute atomic E-state index is 0.0891. The smallest absolute Gasteiger partial charge is 0.257 e. The van der Waals surface area contributed by atoms with Crippen molar-refractivity contribution in [3.05, 3.63) is 36.2 Å². The standard InChI is InChI=1S/C17H20N4O4/c1-23-13-3-4-15(24-2)14(9-13)20-17-18-10-12(11-19-17)16(22)21-5-7-25-8-6-21/h3-4,9-11H,5-8H2,1-2H3,(H,18,19,20). The summed E-state index contributed by atoms with van der Waals surface area (Å²) >= 11 is 0. The second kappa shape index (κ2) is 7.80. The number of ether oxygens (including phenoxy) is 3. The minimum Gasteiger partial charge on any atom is -0.497 e. The molecule has 25 heavy (non-hydrogen) atoms. The van der Waals surface area contributed by atoms with Crippen LogP contribution in [0, 0.1) is 0 Å². The molecule has 1 fully saturated rings. The van der Waals surface area contributed by atoms with E-state index >= 15 is 0 Å². The number of methoxy groups -OCH3 is 2. The number of amides is 1. The van der Waals surface area contributed by atoms with Crippen LogP contribution >= 0.6 is 0 Å². The Morgan fingerprint density at radius 2 is 1.88 bits per heavy atom. The summed E-state index contributed by atoms with van der Waals surface area (Å²) in [4.78, 5) is 22.6. The van der Waals surface area contributed by atoms with Gasteiger partial charge in [-0.3, -0.25) is 4.79 Å². The first kappa shape index (κ1) is 17.0. The van der Waals surface area contributed by atoms with Crippen molar-refractivity contribution >= 4 is 17.5 Å². The van der Waals surface area contributed by atoms with E-state index in [1.54, 1.807) is 37.3 Å². The molecule has 0 saturated carbocycles. The Balaban J connectivity index is 1.73. The third-order valence-corrected chi connectivity index (χ3v) is 3.85. The minimum atomic E-state index is -0.0891. The van der Waals surface area contributed by atoms with Gasteiger partial charge < -0.3 is 24.4 Å². The van der Waals surface area contributed by atoms with Crippen molar-refractivity contribution in [3.63, 3.8) is 0 Å². The number of aromatic nitrogens is 2. The molecule has 1 amide bonds. The largest absolute Gasteiger partial charge is 0.497 e. The molecular weight excluding hydrogens is 324 g/mol. The van der Waals surface area contributed by atoms with Crippen LogP contribution in [0.3, 0.4) is 0 Å². The number of carbonyl (C=O) groups excluding carboxylic acids is 1. The lowest BCUT2D eigenvalue weighted by atomic mass is 10.2. The van der Waals surface area contributed by atoms with E-state index < -0.39 is 0 Å². The van der Waals surface area contributed by atoms with Crippen LogP contribution in [0.25, 0.3) is 0 Å². The van der Waals surface area contributed by atoms with Gasteiger partial charge in [0.15, 0.2) is 0 Å². The molecule has 1 saturated heterocycles. The molecular formula is C17H20N4O4. The summed E-state index contributed by atoms with van der Waals surface area (Å²) in [5.74, 6) is 1.60. The van der Waals surface area contributed by atoms with E-state index in [4.69, 9.17) is 14.2 Å². The molecule has 132 valence electrons. The number of benzene rings is 1. The van der Waals surface area contributed by atoms with Crippen molar-refractivity contribution in [1.82, 2.24) is 14.9 Å². The summed E-state index contributed by atoms with van der Waals surface area (Å²) in [5, 5.41) is 3.07. The van der Waals surface area contributed by atoms with Crippen LogP contribution in [-0.4, -0.2) is 61.3 Å². The van der Waals surface area contributed by atoms with Crippen LogP contribution in [0.5, 0.6) is 11.5 Å². The van der Waals surface area contributed by atoms with Crippen molar-refractivity contribution in [2.24, 2.45) is 0 Å². The summed E-state index contributed by atoms with van der Waals surface area (Å²) in [6.07, 6.45) is 3.03. The fourth-order valence-corrected chi connectivity index (χ4v) is 2.48. The number of nitrogens with zero attached hydrogens (tertiary/aromatic N) is 3. The highest BCUT2D eigenvalue weighted by Gasteiger charge is 2.19. The van der Waals surface area contributed by atoms with Gasteiger partial charge in [0, 0.05) is 31.5 Å². The summed E-state index contributed by atoms with van der Waals surface area (Å²) in [6, 6.07) is 5.38. The van der Waals surface area contributed by atoms with Crippen molar-refractivity contribution in [1.29, 1.82) is 0 Å². The van der Waals surface area contributed by atoms with Gasteiger partial charge in [0.25, 0.3) is 5.91 Å². The zero-order valence-corrected chi connectivity index (χ0v) is 14.2. The van der Waals surface area contributed by atoms with Gasteiger partial charge in [0.2, 0.25) is 5.95 Å². The molecule has 0 unspecified atom stereocenters. The van der Waals surface area contributed by atoms with Gasteiger partial charge in [-0.05, 0) is 12.1 Å². The maximum absolute atomic E-state index is 12.4.